The first-order valence-electron chi connectivity index (χ1n) is 16.5. The molecule has 0 radical (unpaired) electrons. The minimum atomic E-state index is -0.860. The van der Waals surface area contributed by atoms with Crippen molar-refractivity contribution in [1.29, 1.82) is 0 Å². The molecule has 4 aromatic heterocycles. The number of aromatic amines is 1. The molecule has 0 aliphatic rings. The van der Waals surface area contributed by atoms with Crippen molar-refractivity contribution in [2.24, 2.45) is 7.05 Å². The lowest BCUT2D eigenvalue weighted by Crippen LogP contribution is -2.40. The SMILES string of the molecule is CCCn1c(=O)n(Cc2ccc(Cl)cc2)c(=O)c2[nH]c(C(C)O)nc21.CCCn1c(=O)n(Cc2ccc(Cl)cc2)c(=O)c2c1nc(C(C)O)n2C. The Morgan fingerprint density at radius 3 is 1.61 bits per heavy atom. The predicted octanol–water partition coefficient (Wildman–Crippen LogP) is 4.11. The van der Waals surface area contributed by atoms with Crippen molar-refractivity contribution in [3.63, 3.8) is 0 Å². The number of aryl methyl sites for hydroxylation is 3. The quantitative estimate of drug-likeness (QED) is 0.188. The molecular weight excluding hydrogens is 699 g/mol. The van der Waals surface area contributed by atoms with Gasteiger partial charge in [0, 0.05) is 30.2 Å². The molecule has 0 aliphatic heterocycles. The maximum atomic E-state index is 13.0. The van der Waals surface area contributed by atoms with Crippen LogP contribution in [0.1, 0.15) is 75.5 Å². The van der Waals surface area contributed by atoms with Crippen molar-refractivity contribution < 1.29 is 10.2 Å². The first-order chi connectivity index (χ1) is 24.3. The molecule has 2 aromatic carbocycles. The fourth-order valence-corrected chi connectivity index (χ4v) is 6.06. The minimum absolute atomic E-state index is 0.136. The zero-order valence-corrected chi connectivity index (χ0v) is 30.4. The first kappa shape index (κ1) is 37.5. The number of H-pyrrole nitrogens is 1. The van der Waals surface area contributed by atoms with Gasteiger partial charge in [-0.05, 0) is 62.1 Å². The van der Waals surface area contributed by atoms with Gasteiger partial charge in [0.05, 0.1) is 13.1 Å². The number of hydrogen-bond donors (Lipinski definition) is 3. The van der Waals surface area contributed by atoms with Gasteiger partial charge in [0.1, 0.15) is 29.4 Å². The lowest BCUT2D eigenvalue weighted by molar-refractivity contribution is 0.186. The van der Waals surface area contributed by atoms with Crippen LogP contribution < -0.4 is 22.5 Å². The normalized spacial score (nSPS) is 12.6. The van der Waals surface area contributed by atoms with E-state index in [4.69, 9.17) is 23.2 Å². The number of aliphatic hydroxyl groups is 2. The van der Waals surface area contributed by atoms with Crippen LogP contribution in [0, 0.1) is 0 Å². The largest absolute Gasteiger partial charge is 0.385 e. The second-order valence-electron chi connectivity index (χ2n) is 12.3. The van der Waals surface area contributed by atoms with Gasteiger partial charge in [0.25, 0.3) is 11.1 Å². The third-order valence-electron chi connectivity index (χ3n) is 8.33. The van der Waals surface area contributed by atoms with Crippen molar-refractivity contribution in [3.05, 3.63) is 123 Å². The van der Waals surface area contributed by atoms with Crippen LogP contribution in [-0.2, 0) is 33.2 Å². The molecule has 0 saturated heterocycles. The lowest BCUT2D eigenvalue weighted by atomic mass is 10.2. The second-order valence-corrected chi connectivity index (χ2v) is 13.2. The predicted molar refractivity (Wildman–Crippen MR) is 197 cm³/mol. The molecule has 270 valence electrons. The van der Waals surface area contributed by atoms with Gasteiger partial charge in [0.15, 0.2) is 16.8 Å². The number of nitrogens with one attached hydrogen (secondary N) is 1. The van der Waals surface area contributed by atoms with Gasteiger partial charge in [-0.2, -0.15) is 0 Å². The van der Waals surface area contributed by atoms with Crippen molar-refractivity contribution >= 4 is 45.5 Å². The summed E-state index contributed by atoms with van der Waals surface area (Å²) in [4.78, 5) is 63.0. The summed E-state index contributed by atoms with van der Waals surface area (Å²) in [6, 6.07) is 14.0. The number of halogens is 2. The Morgan fingerprint density at radius 2 is 1.16 bits per heavy atom. The summed E-state index contributed by atoms with van der Waals surface area (Å²) in [5.74, 6) is 0.617. The Labute approximate surface area is 301 Å². The van der Waals surface area contributed by atoms with Crippen LogP contribution in [0.5, 0.6) is 0 Å². The van der Waals surface area contributed by atoms with E-state index in [2.05, 4.69) is 15.0 Å². The van der Waals surface area contributed by atoms with E-state index in [0.717, 1.165) is 17.5 Å². The molecule has 0 saturated carbocycles. The van der Waals surface area contributed by atoms with Gasteiger partial charge in [-0.25, -0.2) is 19.6 Å². The van der Waals surface area contributed by atoms with Crippen LogP contribution in [0.25, 0.3) is 22.3 Å². The van der Waals surface area contributed by atoms with Gasteiger partial charge in [-0.3, -0.25) is 27.9 Å². The Morgan fingerprint density at radius 1 is 0.686 bits per heavy atom. The van der Waals surface area contributed by atoms with Gasteiger partial charge < -0.3 is 19.8 Å². The maximum Gasteiger partial charge on any atom is 0.333 e. The topological polar surface area (TPSA) is 175 Å². The number of hydrogen-bond acceptors (Lipinski definition) is 8. The second kappa shape index (κ2) is 15.6. The van der Waals surface area contributed by atoms with Crippen molar-refractivity contribution in [1.82, 2.24) is 37.8 Å². The van der Waals surface area contributed by atoms with E-state index in [0.29, 0.717) is 46.5 Å². The molecule has 2 unspecified atom stereocenters. The number of imidazole rings is 2. The summed E-state index contributed by atoms with van der Waals surface area (Å²) in [5.41, 5.74) is 1.01. The highest BCUT2D eigenvalue weighted by atomic mass is 35.5. The van der Waals surface area contributed by atoms with E-state index in [1.807, 2.05) is 13.8 Å². The van der Waals surface area contributed by atoms with Gasteiger partial charge in [-0.15, -0.1) is 0 Å². The highest BCUT2D eigenvalue weighted by Crippen LogP contribution is 2.17. The standard InChI is InChI=1S/C18H21ClN4O3.C17H19ClN4O3/c1-4-9-22-16-14(21(3)15(20-16)11(2)24)17(25)23(18(22)26)10-12-5-7-13(19)8-6-12;1-3-8-21-15-13(19-14(20-15)10(2)23)16(24)22(17(21)25)9-11-4-6-12(18)7-5-11/h5-8,11,24H,4,9-10H2,1-3H3;4-7,10,23H,3,8-9H2,1-2H3,(H,19,20). The fourth-order valence-electron chi connectivity index (χ4n) is 5.81. The van der Waals surface area contributed by atoms with Gasteiger partial charge >= 0.3 is 11.4 Å². The summed E-state index contributed by atoms with van der Waals surface area (Å²) < 4.78 is 6.90. The summed E-state index contributed by atoms with van der Waals surface area (Å²) in [6.07, 6.45) is -0.275. The molecule has 2 atom stereocenters. The first-order valence-corrected chi connectivity index (χ1v) is 17.3. The van der Waals surface area contributed by atoms with E-state index in [1.54, 1.807) is 74.0 Å². The zero-order chi connectivity index (χ0) is 37.1. The molecule has 3 N–H and O–H groups in total. The smallest absolute Gasteiger partial charge is 0.333 e. The summed E-state index contributed by atoms with van der Waals surface area (Å²) >= 11 is 11.8. The van der Waals surface area contributed by atoms with E-state index in [-0.39, 0.29) is 30.1 Å². The summed E-state index contributed by atoms with van der Waals surface area (Å²) in [5, 5.41) is 20.8. The molecule has 51 heavy (non-hydrogen) atoms. The van der Waals surface area contributed by atoms with Crippen LogP contribution in [0.3, 0.4) is 0 Å². The van der Waals surface area contributed by atoms with Crippen molar-refractivity contribution in [2.75, 3.05) is 0 Å². The molecule has 0 amide bonds. The Kier molecular flexibility index (Phi) is 11.5. The number of nitrogens with zero attached hydrogens (tertiary/aromatic N) is 7. The third kappa shape index (κ3) is 7.64. The molecule has 16 heteroatoms. The van der Waals surface area contributed by atoms with Crippen LogP contribution in [-0.4, -0.2) is 48.0 Å². The Bertz CT molecular complexity index is 2420. The molecule has 0 aliphatic carbocycles. The number of aromatic nitrogens is 8. The van der Waals surface area contributed by atoms with Crippen LogP contribution in [0.15, 0.2) is 67.7 Å². The van der Waals surface area contributed by atoms with E-state index < -0.39 is 34.7 Å². The van der Waals surface area contributed by atoms with Crippen LogP contribution >= 0.6 is 23.2 Å². The number of rotatable bonds is 10. The average Bonchev–Trinajstić information content (AvgIpc) is 3.70. The average molecular weight is 740 g/mol. The lowest BCUT2D eigenvalue weighted by Gasteiger charge is -2.11. The zero-order valence-electron chi connectivity index (χ0n) is 28.9. The molecule has 0 fully saturated rings. The van der Waals surface area contributed by atoms with Gasteiger partial charge in [0.2, 0.25) is 0 Å². The van der Waals surface area contributed by atoms with E-state index >= 15 is 0 Å². The number of fused-ring (bicyclic) bond motifs is 2. The molecule has 6 aromatic rings. The number of aliphatic hydroxyl groups excluding tert-OH is 2. The van der Waals surface area contributed by atoms with Crippen LogP contribution in [0.2, 0.25) is 10.0 Å². The summed E-state index contributed by atoms with van der Waals surface area (Å²) in [6.45, 7) is 8.16. The van der Waals surface area contributed by atoms with E-state index in [1.165, 1.54) is 18.3 Å². The molecule has 6 rings (SSSR count). The fraction of sp³-hybridized carbons (Fsp3) is 0.371. The Hall–Kier alpha value is -4.76. The van der Waals surface area contributed by atoms with Crippen molar-refractivity contribution in [2.45, 2.75) is 78.9 Å². The highest BCUT2D eigenvalue weighted by molar-refractivity contribution is 6.30. The molecule has 0 spiro atoms. The molecule has 0 bridgehead atoms. The summed E-state index contributed by atoms with van der Waals surface area (Å²) in [7, 11) is 1.67. The number of benzene rings is 2. The highest BCUT2D eigenvalue weighted by Gasteiger charge is 2.22. The monoisotopic (exact) mass is 738 g/mol. The Balaban J connectivity index is 0.000000198. The van der Waals surface area contributed by atoms with Crippen molar-refractivity contribution in [3.8, 4) is 0 Å². The third-order valence-corrected chi connectivity index (χ3v) is 8.83. The van der Waals surface area contributed by atoms with Gasteiger partial charge in [-0.1, -0.05) is 61.3 Å². The van der Waals surface area contributed by atoms with E-state index in [9.17, 15) is 29.4 Å². The molecule has 4 heterocycles. The van der Waals surface area contributed by atoms with Crippen LogP contribution in [0.4, 0.5) is 0 Å². The molecule has 14 nitrogen and oxygen atoms in total. The minimum Gasteiger partial charge on any atom is -0.385 e. The maximum absolute atomic E-state index is 13.0. The molecular formula is C35H40Cl2N8O6.